The molecule has 7 heteroatoms. The lowest BCUT2D eigenvalue weighted by atomic mass is 10.1. The summed E-state index contributed by atoms with van der Waals surface area (Å²) in [5.74, 6) is 0. The molecule has 3 aromatic rings. The van der Waals surface area contributed by atoms with Gasteiger partial charge in [0.15, 0.2) is 0 Å². The Labute approximate surface area is 156 Å². The Morgan fingerprint density at radius 1 is 1.16 bits per heavy atom. The first-order chi connectivity index (χ1) is 11.9. The monoisotopic (exact) mass is 392 g/mol. The average Bonchev–Trinajstić information content (AvgIpc) is 3.03. The first-order valence-electron chi connectivity index (χ1n) is 7.67. The van der Waals surface area contributed by atoms with Gasteiger partial charge in [0.05, 0.1) is 11.4 Å². The Bertz CT molecular complexity index is 967. The van der Waals surface area contributed by atoms with E-state index in [1.165, 1.54) is 34.6 Å². The third kappa shape index (κ3) is 4.89. The van der Waals surface area contributed by atoms with Crippen molar-refractivity contribution in [3.8, 4) is 0 Å². The summed E-state index contributed by atoms with van der Waals surface area (Å²) in [6, 6.07) is 14.5. The first kappa shape index (κ1) is 18.1. The third-order valence-corrected chi connectivity index (χ3v) is 6.25. The van der Waals surface area contributed by atoms with Crippen LogP contribution >= 0.6 is 22.9 Å². The highest BCUT2D eigenvalue weighted by atomic mass is 35.5. The van der Waals surface area contributed by atoms with Gasteiger partial charge in [0, 0.05) is 22.5 Å². The summed E-state index contributed by atoms with van der Waals surface area (Å²) in [6.07, 6.45) is 2.59. The van der Waals surface area contributed by atoms with Gasteiger partial charge in [-0.05, 0) is 30.7 Å². The van der Waals surface area contributed by atoms with Crippen molar-refractivity contribution in [1.82, 2.24) is 9.71 Å². The molecule has 25 heavy (non-hydrogen) atoms. The zero-order chi connectivity index (χ0) is 17.9. The molecule has 0 saturated heterocycles. The van der Waals surface area contributed by atoms with E-state index in [-0.39, 0.29) is 11.4 Å². The first-order valence-corrected chi connectivity index (χ1v) is 10.3. The van der Waals surface area contributed by atoms with Crippen LogP contribution in [-0.4, -0.2) is 13.4 Å². The lowest BCUT2D eigenvalue weighted by Crippen LogP contribution is -2.23. The zero-order valence-corrected chi connectivity index (χ0v) is 16.0. The fourth-order valence-electron chi connectivity index (χ4n) is 2.29. The molecule has 0 amide bonds. The van der Waals surface area contributed by atoms with Crippen LogP contribution < -0.4 is 4.72 Å². The number of nitrogens with zero attached hydrogens (tertiary/aromatic N) is 1. The summed E-state index contributed by atoms with van der Waals surface area (Å²) in [6.45, 7) is 2.22. The number of hydrogen-bond donors (Lipinski definition) is 1. The highest BCUT2D eigenvalue weighted by Crippen LogP contribution is 2.19. The number of thiazole rings is 1. The zero-order valence-electron chi connectivity index (χ0n) is 13.6. The highest BCUT2D eigenvalue weighted by molar-refractivity contribution is 7.89. The van der Waals surface area contributed by atoms with E-state index < -0.39 is 10.0 Å². The fourth-order valence-corrected chi connectivity index (χ4v) is 4.57. The number of benzene rings is 2. The van der Waals surface area contributed by atoms with Gasteiger partial charge in [0.1, 0.15) is 5.01 Å². The standard InChI is InChI=1S/C18H17ClN2O2S2/c1-13-5-7-14(8-6-13)9-16-11-20-18(24-16)12-21-25(22,23)17-4-2-3-15(19)10-17/h2-8,10-11,21H,9,12H2,1H3. The van der Waals surface area contributed by atoms with E-state index in [1.807, 2.05) is 0 Å². The molecule has 0 aliphatic heterocycles. The molecule has 0 saturated carbocycles. The molecule has 0 radical (unpaired) electrons. The van der Waals surface area contributed by atoms with Crippen LogP contribution in [0.5, 0.6) is 0 Å². The minimum Gasteiger partial charge on any atom is -0.248 e. The molecule has 0 unspecified atom stereocenters. The maximum absolute atomic E-state index is 12.3. The number of sulfonamides is 1. The van der Waals surface area contributed by atoms with Crippen LogP contribution in [0.1, 0.15) is 21.0 Å². The number of halogens is 1. The molecule has 3 rings (SSSR count). The lowest BCUT2D eigenvalue weighted by molar-refractivity contribution is 0.581. The molecule has 1 aromatic heterocycles. The second-order valence-corrected chi connectivity index (χ2v) is 9.07. The van der Waals surface area contributed by atoms with Gasteiger partial charge in [-0.1, -0.05) is 47.5 Å². The van der Waals surface area contributed by atoms with E-state index in [0.29, 0.717) is 5.02 Å². The molecule has 0 atom stereocenters. The van der Waals surface area contributed by atoms with E-state index in [2.05, 4.69) is 40.9 Å². The van der Waals surface area contributed by atoms with Crippen molar-refractivity contribution in [2.45, 2.75) is 24.8 Å². The predicted molar refractivity (Wildman–Crippen MR) is 102 cm³/mol. The van der Waals surface area contributed by atoms with E-state index in [9.17, 15) is 8.42 Å². The van der Waals surface area contributed by atoms with E-state index in [4.69, 9.17) is 11.6 Å². The van der Waals surface area contributed by atoms with E-state index in [0.717, 1.165) is 16.3 Å². The van der Waals surface area contributed by atoms with Crippen LogP contribution in [0.4, 0.5) is 0 Å². The number of hydrogen-bond acceptors (Lipinski definition) is 4. The van der Waals surface area contributed by atoms with Crippen LogP contribution in [0.25, 0.3) is 0 Å². The highest BCUT2D eigenvalue weighted by Gasteiger charge is 2.15. The Hall–Kier alpha value is -1.73. The minimum atomic E-state index is -3.60. The van der Waals surface area contributed by atoms with Crippen LogP contribution in [-0.2, 0) is 23.0 Å². The molecular formula is C18H17ClN2O2S2. The summed E-state index contributed by atoms with van der Waals surface area (Å²) in [5, 5.41) is 1.12. The Balaban J connectivity index is 1.64. The molecule has 0 aliphatic rings. The number of aromatic nitrogens is 1. The van der Waals surface area contributed by atoms with Crippen molar-refractivity contribution in [2.75, 3.05) is 0 Å². The molecular weight excluding hydrogens is 376 g/mol. The molecule has 0 bridgehead atoms. The van der Waals surface area contributed by atoms with Gasteiger partial charge in [0.2, 0.25) is 10.0 Å². The van der Waals surface area contributed by atoms with Crippen molar-refractivity contribution >= 4 is 33.0 Å². The van der Waals surface area contributed by atoms with Gasteiger partial charge in [-0.25, -0.2) is 18.1 Å². The van der Waals surface area contributed by atoms with Crippen LogP contribution in [0, 0.1) is 6.92 Å². The molecule has 1 heterocycles. The van der Waals surface area contributed by atoms with Gasteiger partial charge >= 0.3 is 0 Å². The van der Waals surface area contributed by atoms with Crippen LogP contribution in [0.15, 0.2) is 59.6 Å². The average molecular weight is 393 g/mol. The maximum Gasteiger partial charge on any atom is 0.241 e. The summed E-state index contributed by atoms with van der Waals surface area (Å²) in [7, 11) is -3.60. The molecule has 0 spiro atoms. The van der Waals surface area contributed by atoms with Crippen LogP contribution in [0.3, 0.4) is 0 Å². The van der Waals surface area contributed by atoms with Crippen molar-refractivity contribution in [2.24, 2.45) is 0 Å². The van der Waals surface area contributed by atoms with Crippen LogP contribution in [0.2, 0.25) is 5.02 Å². The van der Waals surface area contributed by atoms with Gasteiger partial charge < -0.3 is 0 Å². The topological polar surface area (TPSA) is 59.1 Å². The molecule has 2 aromatic carbocycles. The largest absolute Gasteiger partial charge is 0.248 e. The molecule has 4 nitrogen and oxygen atoms in total. The lowest BCUT2D eigenvalue weighted by Gasteiger charge is -2.05. The number of nitrogens with one attached hydrogen (secondary N) is 1. The van der Waals surface area contributed by atoms with Crippen molar-refractivity contribution in [3.05, 3.63) is 80.8 Å². The summed E-state index contributed by atoms with van der Waals surface area (Å²) < 4.78 is 27.2. The molecule has 1 N–H and O–H groups in total. The normalized spacial score (nSPS) is 11.6. The Morgan fingerprint density at radius 3 is 2.64 bits per heavy atom. The second kappa shape index (κ2) is 7.66. The Morgan fingerprint density at radius 2 is 1.92 bits per heavy atom. The number of rotatable bonds is 6. The van der Waals surface area contributed by atoms with Crippen molar-refractivity contribution < 1.29 is 8.42 Å². The minimum absolute atomic E-state index is 0.149. The summed E-state index contributed by atoms with van der Waals surface area (Å²) in [5.41, 5.74) is 2.43. The molecule has 130 valence electrons. The third-order valence-electron chi connectivity index (χ3n) is 3.62. The van der Waals surface area contributed by atoms with E-state index >= 15 is 0 Å². The molecule has 0 fully saturated rings. The number of aryl methyl sites for hydroxylation is 1. The van der Waals surface area contributed by atoms with Gasteiger partial charge in [-0.15, -0.1) is 11.3 Å². The molecule has 0 aliphatic carbocycles. The quantitative estimate of drug-likeness (QED) is 0.684. The predicted octanol–water partition coefficient (Wildman–Crippen LogP) is 4.17. The fraction of sp³-hybridized carbons (Fsp3) is 0.167. The SMILES string of the molecule is Cc1ccc(Cc2cnc(CNS(=O)(=O)c3cccc(Cl)c3)s2)cc1. The summed E-state index contributed by atoms with van der Waals surface area (Å²) >= 11 is 7.36. The summed E-state index contributed by atoms with van der Waals surface area (Å²) in [4.78, 5) is 5.56. The second-order valence-electron chi connectivity index (χ2n) is 5.66. The van der Waals surface area contributed by atoms with Gasteiger partial charge in [-0.2, -0.15) is 0 Å². The van der Waals surface area contributed by atoms with E-state index in [1.54, 1.807) is 18.3 Å². The van der Waals surface area contributed by atoms with Gasteiger partial charge in [-0.3, -0.25) is 0 Å². The Kier molecular flexibility index (Phi) is 5.54. The van der Waals surface area contributed by atoms with Crippen molar-refractivity contribution in [1.29, 1.82) is 0 Å². The smallest absolute Gasteiger partial charge is 0.241 e. The van der Waals surface area contributed by atoms with Gasteiger partial charge in [0.25, 0.3) is 0 Å². The maximum atomic E-state index is 12.3. The van der Waals surface area contributed by atoms with Crippen molar-refractivity contribution in [3.63, 3.8) is 0 Å².